The van der Waals surface area contributed by atoms with Gasteiger partial charge in [0.2, 0.25) is 0 Å². The van der Waals surface area contributed by atoms with Crippen LogP contribution in [0.4, 0.5) is 13.2 Å². The molecule has 260 valence electrons. The average molecular weight is 675 g/mol. The number of phenols is 1. The fourth-order valence-electron chi connectivity index (χ4n) is 9.31. The van der Waals surface area contributed by atoms with Crippen molar-refractivity contribution < 1.29 is 32.9 Å². The highest BCUT2D eigenvalue weighted by atomic mass is 19.4. The molecule has 0 radical (unpaired) electrons. The van der Waals surface area contributed by atoms with Gasteiger partial charge >= 0.3 is 6.18 Å². The molecule has 3 aromatic carbocycles. The molecular formula is C40H45F3N2O4. The van der Waals surface area contributed by atoms with E-state index in [1.54, 1.807) is 6.07 Å². The maximum absolute atomic E-state index is 13.1. The van der Waals surface area contributed by atoms with Gasteiger partial charge < -0.3 is 24.6 Å². The third-order valence-corrected chi connectivity index (χ3v) is 12.0. The number of ether oxygens (including phenoxy) is 2. The summed E-state index contributed by atoms with van der Waals surface area (Å²) in [5.41, 5.74) is 2.30. The summed E-state index contributed by atoms with van der Waals surface area (Å²) in [6, 6.07) is 18.5. The largest absolute Gasteiger partial charge is 0.504 e. The lowest BCUT2D eigenvalue weighted by atomic mass is 9.48. The lowest BCUT2D eigenvalue weighted by molar-refractivity contribution is -0.174. The van der Waals surface area contributed by atoms with Crippen LogP contribution in [-0.2, 0) is 18.0 Å². The van der Waals surface area contributed by atoms with E-state index in [4.69, 9.17) is 9.47 Å². The number of piperidine rings is 1. The summed E-state index contributed by atoms with van der Waals surface area (Å²) in [7, 11) is 2.07. The van der Waals surface area contributed by atoms with E-state index in [2.05, 4.69) is 22.9 Å². The van der Waals surface area contributed by atoms with Gasteiger partial charge in [0.1, 0.15) is 18.0 Å². The highest BCUT2D eigenvalue weighted by Gasteiger charge is 2.72. The number of nitrogens with zero attached hydrogens (tertiary/aromatic N) is 2. The van der Waals surface area contributed by atoms with Crippen molar-refractivity contribution >= 4 is 0 Å². The Hall–Kier alpha value is -3.53. The minimum Gasteiger partial charge on any atom is -0.504 e. The van der Waals surface area contributed by atoms with Crippen LogP contribution in [0.3, 0.4) is 0 Å². The summed E-state index contributed by atoms with van der Waals surface area (Å²) >= 11 is 0. The van der Waals surface area contributed by atoms with E-state index in [0.29, 0.717) is 24.3 Å². The molecule has 2 heterocycles. The summed E-state index contributed by atoms with van der Waals surface area (Å²) in [5.74, 6) is 1.88. The number of hydrogen-bond acceptors (Lipinski definition) is 6. The number of phenolic OH excluding ortho intramolecular Hbond substituents is 1. The van der Waals surface area contributed by atoms with E-state index in [-0.39, 0.29) is 24.0 Å². The van der Waals surface area contributed by atoms with Crippen molar-refractivity contribution in [2.45, 2.75) is 86.8 Å². The zero-order valence-electron chi connectivity index (χ0n) is 28.0. The molecule has 3 fully saturated rings. The highest BCUT2D eigenvalue weighted by Crippen LogP contribution is 2.66. The first kappa shape index (κ1) is 32.7. The van der Waals surface area contributed by atoms with Crippen molar-refractivity contribution in [2.75, 3.05) is 33.2 Å². The number of aliphatic hydroxyl groups is 1. The van der Waals surface area contributed by atoms with Gasteiger partial charge in [-0.2, -0.15) is 13.2 Å². The van der Waals surface area contributed by atoms with E-state index in [9.17, 15) is 23.4 Å². The smallest absolute Gasteiger partial charge is 0.416 e. The molecule has 2 bridgehead atoms. The SMILES string of the molecule is CN(CCC=C1CC[C@@]2(O)[C@H]3Cc4ccc(O)c5c4[C@@]2(CCN3CC2CC2)[C@H]1O5)CCC(Oc1ccc(C(F)(F)F)cc1)c1ccccc1. The quantitative estimate of drug-likeness (QED) is 0.206. The topological polar surface area (TPSA) is 65.4 Å². The Kier molecular flexibility index (Phi) is 8.24. The molecule has 1 unspecified atom stereocenters. The third kappa shape index (κ3) is 5.71. The molecule has 5 aliphatic rings. The van der Waals surface area contributed by atoms with Crippen molar-refractivity contribution in [1.29, 1.82) is 0 Å². The van der Waals surface area contributed by atoms with Gasteiger partial charge in [0, 0.05) is 37.7 Å². The highest BCUT2D eigenvalue weighted by molar-refractivity contribution is 5.64. The molecule has 0 aromatic heterocycles. The van der Waals surface area contributed by atoms with Crippen LogP contribution in [-0.4, -0.2) is 71.0 Å². The molecule has 2 N–H and O–H groups in total. The number of hydrogen-bond donors (Lipinski definition) is 2. The molecular weight excluding hydrogens is 629 g/mol. The summed E-state index contributed by atoms with van der Waals surface area (Å²) in [4.78, 5) is 4.81. The molecule has 0 amide bonds. The van der Waals surface area contributed by atoms with E-state index < -0.39 is 22.8 Å². The summed E-state index contributed by atoms with van der Waals surface area (Å²) in [6.45, 7) is 3.53. The van der Waals surface area contributed by atoms with Gasteiger partial charge in [0.05, 0.1) is 16.6 Å². The molecule has 3 aromatic rings. The summed E-state index contributed by atoms with van der Waals surface area (Å²) in [6.07, 6.45) is 4.41. The van der Waals surface area contributed by atoms with E-state index in [1.807, 2.05) is 36.4 Å². The number of rotatable bonds is 11. The normalized spacial score (nSPS) is 28.7. The average Bonchev–Trinajstić information content (AvgIpc) is 3.83. The van der Waals surface area contributed by atoms with E-state index in [1.165, 1.54) is 36.1 Å². The fourth-order valence-corrected chi connectivity index (χ4v) is 9.31. The second kappa shape index (κ2) is 12.4. The van der Waals surface area contributed by atoms with Crippen LogP contribution in [0.15, 0.2) is 78.4 Å². The minimum absolute atomic E-state index is 0.0611. The van der Waals surface area contributed by atoms with Crippen LogP contribution in [0.5, 0.6) is 17.2 Å². The molecule has 9 heteroatoms. The lowest BCUT2D eigenvalue weighted by Gasteiger charge is -2.63. The van der Waals surface area contributed by atoms with Gasteiger partial charge in [0.25, 0.3) is 0 Å². The fraction of sp³-hybridized carbons (Fsp3) is 0.500. The molecule has 2 saturated carbocycles. The van der Waals surface area contributed by atoms with Gasteiger partial charge in [-0.05, 0) is 111 Å². The van der Waals surface area contributed by atoms with Crippen LogP contribution in [0.2, 0.25) is 0 Å². The van der Waals surface area contributed by atoms with Gasteiger partial charge in [0.15, 0.2) is 11.5 Å². The number of benzene rings is 3. The Morgan fingerprint density at radius 1 is 1.04 bits per heavy atom. The van der Waals surface area contributed by atoms with Crippen molar-refractivity contribution in [2.24, 2.45) is 5.92 Å². The van der Waals surface area contributed by atoms with E-state index in [0.717, 1.165) is 81.0 Å². The number of likely N-dealkylation sites (tertiary alicyclic amines) is 1. The maximum Gasteiger partial charge on any atom is 0.416 e. The Balaban J connectivity index is 0.957. The third-order valence-electron chi connectivity index (χ3n) is 12.0. The molecule has 2 aliphatic heterocycles. The first-order chi connectivity index (χ1) is 23.6. The number of alkyl halides is 3. The zero-order chi connectivity index (χ0) is 34.0. The number of halogens is 3. The van der Waals surface area contributed by atoms with Crippen LogP contribution >= 0.6 is 0 Å². The molecule has 6 nitrogen and oxygen atoms in total. The standard InChI is InChI=1S/C40H45F3N2O4/c1-44(22-18-33(27-6-3-2-4-7-27)48-31-14-12-30(13-15-31)40(41,42)43)21-5-8-28-17-19-39(47)34-24-29-11-16-32(46)36-35(29)38(39,37(28)49-36)20-23-45(34)25-26-9-10-26/h2-4,6-8,11-16,26,33-34,37,46-47H,5,9-10,17-25H2,1H3/t33?,34-,37+,38+,39-/m1/s1. The van der Waals surface area contributed by atoms with Crippen LogP contribution in [0.25, 0.3) is 0 Å². The van der Waals surface area contributed by atoms with Gasteiger partial charge in [-0.1, -0.05) is 42.5 Å². The second-order valence-electron chi connectivity index (χ2n) is 14.9. The number of aromatic hydroxyl groups is 1. The Morgan fingerprint density at radius 3 is 2.55 bits per heavy atom. The van der Waals surface area contributed by atoms with Crippen LogP contribution < -0.4 is 9.47 Å². The predicted molar refractivity (Wildman–Crippen MR) is 181 cm³/mol. The Labute approximate surface area is 286 Å². The zero-order valence-corrected chi connectivity index (χ0v) is 28.0. The lowest BCUT2D eigenvalue weighted by Crippen LogP contribution is -2.75. The van der Waals surface area contributed by atoms with Gasteiger partial charge in [-0.15, -0.1) is 0 Å². The van der Waals surface area contributed by atoms with E-state index >= 15 is 0 Å². The molecule has 49 heavy (non-hydrogen) atoms. The van der Waals surface area contributed by atoms with Crippen molar-refractivity contribution in [3.8, 4) is 17.2 Å². The summed E-state index contributed by atoms with van der Waals surface area (Å²) in [5, 5.41) is 23.6. The second-order valence-corrected chi connectivity index (χ2v) is 14.9. The molecule has 1 spiro atoms. The molecule has 3 aliphatic carbocycles. The molecule has 5 atom stereocenters. The first-order valence-electron chi connectivity index (χ1n) is 17.8. The van der Waals surface area contributed by atoms with Gasteiger partial charge in [-0.3, -0.25) is 4.90 Å². The van der Waals surface area contributed by atoms with Crippen molar-refractivity contribution in [3.05, 3.63) is 101 Å². The minimum atomic E-state index is -4.39. The van der Waals surface area contributed by atoms with Crippen molar-refractivity contribution in [1.82, 2.24) is 9.80 Å². The van der Waals surface area contributed by atoms with Gasteiger partial charge in [-0.25, -0.2) is 0 Å². The monoisotopic (exact) mass is 674 g/mol. The Morgan fingerprint density at radius 2 is 1.82 bits per heavy atom. The van der Waals surface area contributed by atoms with Crippen LogP contribution in [0, 0.1) is 5.92 Å². The molecule has 8 rings (SSSR count). The summed E-state index contributed by atoms with van der Waals surface area (Å²) < 4.78 is 52.2. The van der Waals surface area contributed by atoms with Crippen molar-refractivity contribution in [3.63, 3.8) is 0 Å². The van der Waals surface area contributed by atoms with Crippen LogP contribution in [0.1, 0.15) is 73.3 Å². The Bertz CT molecular complexity index is 1710. The first-order valence-corrected chi connectivity index (χ1v) is 17.8. The maximum atomic E-state index is 13.1. The predicted octanol–water partition coefficient (Wildman–Crippen LogP) is 7.43. The molecule has 1 saturated heterocycles.